The molecule has 55 heavy (non-hydrogen) atoms. The monoisotopic (exact) mass is 703 g/mol. The van der Waals surface area contributed by atoms with Gasteiger partial charge in [-0.25, -0.2) is 0 Å². The Bertz CT molecular complexity index is 3120. The second-order valence-electron chi connectivity index (χ2n) is 15.3. The van der Waals surface area contributed by atoms with Crippen LogP contribution in [0.5, 0.6) is 0 Å². The lowest BCUT2D eigenvalue weighted by Gasteiger charge is -2.28. The Morgan fingerprint density at radius 2 is 1.02 bits per heavy atom. The lowest BCUT2D eigenvalue weighted by molar-refractivity contribution is 0.660. The van der Waals surface area contributed by atoms with Gasteiger partial charge >= 0.3 is 0 Å². The number of rotatable bonds is 5. The van der Waals surface area contributed by atoms with Crippen molar-refractivity contribution in [2.24, 2.45) is 0 Å². The molecule has 1 heterocycles. The topological polar surface area (TPSA) is 16.4 Å². The van der Waals surface area contributed by atoms with E-state index < -0.39 is 0 Å². The molecule has 0 saturated heterocycles. The Morgan fingerprint density at radius 3 is 1.89 bits per heavy atom. The Hall–Kier alpha value is -6.90. The van der Waals surface area contributed by atoms with Crippen molar-refractivity contribution >= 4 is 60.5 Å². The van der Waals surface area contributed by atoms with E-state index in [9.17, 15) is 0 Å². The van der Waals surface area contributed by atoms with Crippen LogP contribution in [0.25, 0.3) is 76.9 Å². The summed E-state index contributed by atoms with van der Waals surface area (Å²) in [5.41, 5.74) is 15.3. The molecule has 0 bridgehead atoms. The van der Waals surface area contributed by atoms with Crippen LogP contribution in [-0.2, 0) is 5.41 Å². The largest absolute Gasteiger partial charge is 0.455 e. The van der Waals surface area contributed by atoms with Crippen molar-refractivity contribution < 1.29 is 4.42 Å². The van der Waals surface area contributed by atoms with Gasteiger partial charge in [0.2, 0.25) is 0 Å². The summed E-state index contributed by atoms with van der Waals surface area (Å²) in [4.78, 5) is 2.42. The van der Waals surface area contributed by atoms with Crippen LogP contribution in [-0.4, -0.2) is 0 Å². The highest BCUT2D eigenvalue weighted by Crippen LogP contribution is 2.51. The van der Waals surface area contributed by atoms with E-state index in [0.717, 1.165) is 44.4 Å². The molecule has 1 aliphatic carbocycles. The van der Waals surface area contributed by atoms with Crippen LogP contribution in [0.4, 0.5) is 17.1 Å². The molecule has 2 nitrogen and oxygen atoms in total. The summed E-state index contributed by atoms with van der Waals surface area (Å²) >= 11 is 0. The molecule has 1 aromatic heterocycles. The van der Waals surface area contributed by atoms with Gasteiger partial charge in [0, 0.05) is 38.6 Å². The molecule has 260 valence electrons. The van der Waals surface area contributed by atoms with Crippen molar-refractivity contribution in [1.82, 2.24) is 0 Å². The summed E-state index contributed by atoms with van der Waals surface area (Å²) < 4.78 is 6.43. The number of benzene rings is 9. The number of hydrogen-bond acceptors (Lipinski definition) is 2. The van der Waals surface area contributed by atoms with Crippen LogP contribution in [0.15, 0.2) is 192 Å². The van der Waals surface area contributed by atoms with Crippen molar-refractivity contribution in [1.29, 1.82) is 0 Å². The average molecular weight is 704 g/mol. The normalized spacial score (nSPS) is 13.1. The van der Waals surface area contributed by atoms with E-state index in [2.05, 4.69) is 201 Å². The van der Waals surface area contributed by atoms with Gasteiger partial charge < -0.3 is 9.32 Å². The van der Waals surface area contributed by atoms with Crippen LogP contribution in [0.3, 0.4) is 0 Å². The molecular formula is C53H37NO. The first-order valence-corrected chi connectivity index (χ1v) is 19.1. The van der Waals surface area contributed by atoms with Gasteiger partial charge in [0.25, 0.3) is 0 Å². The fraction of sp³-hybridized carbons (Fsp3) is 0.0566. The second kappa shape index (κ2) is 12.1. The second-order valence-corrected chi connectivity index (χ2v) is 15.3. The SMILES string of the molecule is CC1(C)c2ccccc2-c2ccc(N(c3ccc(-c4cc5c6ccccc6oc5c5ccccc45)cc3)c3cccc(-c4cccc5ccccc45)c3)cc21. The molecule has 2 heteroatoms. The number of hydrogen-bond donors (Lipinski definition) is 0. The molecule has 10 aromatic rings. The molecule has 0 radical (unpaired) electrons. The first-order valence-electron chi connectivity index (χ1n) is 19.1. The fourth-order valence-corrected chi connectivity index (χ4v) is 9.14. The maximum absolute atomic E-state index is 6.43. The van der Waals surface area contributed by atoms with Crippen LogP contribution in [0.2, 0.25) is 0 Å². The number of furan rings is 1. The molecule has 0 saturated carbocycles. The summed E-state index contributed by atoms with van der Waals surface area (Å²) in [6, 6.07) is 68.5. The molecule has 0 N–H and O–H groups in total. The highest BCUT2D eigenvalue weighted by atomic mass is 16.3. The minimum absolute atomic E-state index is 0.112. The van der Waals surface area contributed by atoms with Gasteiger partial charge in [0.1, 0.15) is 11.2 Å². The maximum Gasteiger partial charge on any atom is 0.143 e. The minimum Gasteiger partial charge on any atom is -0.455 e. The number of nitrogens with zero attached hydrogens (tertiary/aromatic N) is 1. The third-order valence-corrected chi connectivity index (χ3v) is 11.9. The molecule has 0 spiro atoms. The summed E-state index contributed by atoms with van der Waals surface area (Å²) in [7, 11) is 0. The van der Waals surface area contributed by atoms with E-state index >= 15 is 0 Å². The van der Waals surface area contributed by atoms with Gasteiger partial charge in [0.05, 0.1) is 0 Å². The summed E-state index contributed by atoms with van der Waals surface area (Å²) in [5, 5.41) is 7.09. The molecule has 1 aliphatic rings. The molecule has 11 rings (SSSR count). The lowest BCUT2D eigenvalue weighted by Crippen LogP contribution is -2.16. The number of fused-ring (bicyclic) bond motifs is 9. The first kappa shape index (κ1) is 31.6. The zero-order valence-corrected chi connectivity index (χ0v) is 30.8. The predicted molar refractivity (Wildman–Crippen MR) is 232 cm³/mol. The van der Waals surface area contributed by atoms with Gasteiger partial charge in [-0.3, -0.25) is 0 Å². The van der Waals surface area contributed by atoms with E-state index in [-0.39, 0.29) is 5.41 Å². The first-order chi connectivity index (χ1) is 27.0. The van der Waals surface area contributed by atoms with E-state index in [4.69, 9.17) is 4.42 Å². The Labute approximate surface area is 320 Å². The molecule has 0 aliphatic heterocycles. The average Bonchev–Trinajstić information content (AvgIpc) is 3.73. The Morgan fingerprint density at radius 1 is 0.382 bits per heavy atom. The quantitative estimate of drug-likeness (QED) is 0.177. The number of para-hydroxylation sites is 1. The number of anilines is 3. The minimum atomic E-state index is -0.112. The molecule has 9 aromatic carbocycles. The van der Waals surface area contributed by atoms with Crippen LogP contribution >= 0.6 is 0 Å². The van der Waals surface area contributed by atoms with Crippen molar-refractivity contribution in [2.75, 3.05) is 4.90 Å². The summed E-state index contributed by atoms with van der Waals surface area (Å²) in [5.74, 6) is 0. The molecule has 0 atom stereocenters. The van der Waals surface area contributed by atoms with E-state index in [1.54, 1.807) is 0 Å². The van der Waals surface area contributed by atoms with Gasteiger partial charge in [0.15, 0.2) is 0 Å². The lowest BCUT2D eigenvalue weighted by atomic mass is 9.82. The van der Waals surface area contributed by atoms with Crippen molar-refractivity contribution in [3.05, 3.63) is 199 Å². The zero-order chi connectivity index (χ0) is 36.7. The van der Waals surface area contributed by atoms with Gasteiger partial charge in [-0.2, -0.15) is 0 Å². The van der Waals surface area contributed by atoms with Gasteiger partial charge in [-0.05, 0) is 109 Å². The highest BCUT2D eigenvalue weighted by Gasteiger charge is 2.35. The third kappa shape index (κ3) is 4.88. The van der Waals surface area contributed by atoms with E-state index in [1.165, 1.54) is 60.7 Å². The smallest absolute Gasteiger partial charge is 0.143 e. The molecule has 0 unspecified atom stereocenters. The van der Waals surface area contributed by atoms with Crippen molar-refractivity contribution in [3.8, 4) is 33.4 Å². The standard InChI is InChI=1S/C53H37NO/c1-53(2)49-23-9-7-19-43(49)44-30-29-39(32-50(44)53)54(38-16-11-15-36(31-38)41-22-12-14-34-13-3-4-17-40(34)41)37-27-25-35(26-28-37)47-33-48-45-20-8-10-24-51(45)55-52(48)46-21-6-5-18-42(46)47/h3-33H,1-2H3. The highest BCUT2D eigenvalue weighted by molar-refractivity contribution is 6.19. The molecule has 0 amide bonds. The third-order valence-electron chi connectivity index (χ3n) is 11.9. The predicted octanol–water partition coefficient (Wildman–Crippen LogP) is 15.0. The Balaban J connectivity index is 1.08. The van der Waals surface area contributed by atoms with Crippen LogP contribution in [0.1, 0.15) is 25.0 Å². The Kier molecular flexibility index (Phi) is 6.93. The van der Waals surface area contributed by atoms with Crippen LogP contribution in [0, 0.1) is 0 Å². The van der Waals surface area contributed by atoms with Crippen molar-refractivity contribution in [3.63, 3.8) is 0 Å². The summed E-state index contributed by atoms with van der Waals surface area (Å²) in [6.07, 6.45) is 0. The maximum atomic E-state index is 6.43. The fourth-order valence-electron chi connectivity index (χ4n) is 9.14. The van der Waals surface area contributed by atoms with Crippen LogP contribution < -0.4 is 4.90 Å². The van der Waals surface area contributed by atoms with Crippen molar-refractivity contribution in [2.45, 2.75) is 19.3 Å². The van der Waals surface area contributed by atoms with E-state index in [1.807, 2.05) is 6.07 Å². The molecular weight excluding hydrogens is 667 g/mol. The van der Waals surface area contributed by atoms with E-state index in [0.29, 0.717) is 0 Å². The molecule has 0 fully saturated rings. The van der Waals surface area contributed by atoms with Gasteiger partial charge in [-0.15, -0.1) is 0 Å². The van der Waals surface area contributed by atoms with Gasteiger partial charge in [-0.1, -0.05) is 153 Å². The zero-order valence-electron chi connectivity index (χ0n) is 30.8. The summed E-state index contributed by atoms with van der Waals surface area (Å²) in [6.45, 7) is 4.71.